The number of allylic oxidation sites excluding steroid dienone is 1. The molecule has 0 fully saturated rings. The maximum absolute atomic E-state index is 3.82. The van der Waals surface area contributed by atoms with Crippen molar-refractivity contribution < 1.29 is 0 Å². The summed E-state index contributed by atoms with van der Waals surface area (Å²) in [7, 11) is 0. The first kappa shape index (κ1) is 6.14. The lowest BCUT2D eigenvalue weighted by atomic mass is 10.1. The van der Waals surface area contributed by atoms with Gasteiger partial charge in [0, 0.05) is 12.2 Å². The molecule has 0 spiro atoms. The molecule has 48 valence electrons. The Labute approximate surface area is 55.8 Å². The second kappa shape index (κ2) is 2.09. The molecule has 0 bridgehead atoms. The van der Waals surface area contributed by atoms with Crippen LogP contribution in [0.2, 0.25) is 0 Å². The van der Waals surface area contributed by atoms with Gasteiger partial charge in [-0.05, 0) is 18.1 Å². The molecule has 0 radical (unpaired) electrons. The van der Waals surface area contributed by atoms with E-state index in [1.54, 1.807) is 0 Å². The number of nitrogens with one attached hydrogen (secondary N) is 1. The zero-order chi connectivity index (χ0) is 6.85. The predicted octanol–water partition coefficient (Wildman–Crippen LogP) is 1.61. The molecule has 0 aromatic rings. The Balaban J connectivity index is 2.92. The highest BCUT2D eigenvalue weighted by Crippen LogP contribution is 2.16. The first-order valence-electron chi connectivity index (χ1n) is 3.01. The van der Waals surface area contributed by atoms with Crippen molar-refractivity contribution in [2.75, 3.05) is 6.54 Å². The van der Waals surface area contributed by atoms with Crippen LogP contribution in [0, 0.1) is 0 Å². The van der Waals surface area contributed by atoms with Gasteiger partial charge in [-0.3, -0.25) is 0 Å². The first-order valence-corrected chi connectivity index (χ1v) is 3.01. The van der Waals surface area contributed by atoms with Crippen LogP contribution in [0.3, 0.4) is 0 Å². The summed E-state index contributed by atoms with van der Waals surface area (Å²) in [5.74, 6) is 0. The monoisotopic (exact) mass is 121 g/mol. The van der Waals surface area contributed by atoms with Crippen molar-refractivity contribution in [3.8, 4) is 0 Å². The van der Waals surface area contributed by atoms with E-state index in [2.05, 4.69) is 25.4 Å². The summed E-state index contributed by atoms with van der Waals surface area (Å²) in [6.45, 7) is 10.5. The van der Waals surface area contributed by atoms with Gasteiger partial charge in [0.1, 0.15) is 0 Å². The Bertz CT molecular complexity index is 187. The summed E-state index contributed by atoms with van der Waals surface area (Å²) in [6, 6.07) is 0. The third-order valence-electron chi connectivity index (χ3n) is 1.67. The first-order chi connectivity index (χ1) is 4.25. The van der Waals surface area contributed by atoms with Crippen LogP contribution in [0.4, 0.5) is 0 Å². The van der Waals surface area contributed by atoms with Gasteiger partial charge in [-0.2, -0.15) is 0 Å². The minimum atomic E-state index is 0.897. The highest BCUT2D eigenvalue weighted by atomic mass is 14.9. The van der Waals surface area contributed by atoms with Gasteiger partial charge in [-0.15, -0.1) is 0 Å². The van der Waals surface area contributed by atoms with Crippen molar-refractivity contribution in [3.05, 3.63) is 36.1 Å². The fraction of sp³-hybridized carbons (Fsp3) is 0.250. The van der Waals surface area contributed by atoms with E-state index in [1.165, 1.54) is 11.1 Å². The lowest BCUT2D eigenvalue weighted by Crippen LogP contribution is -2.05. The van der Waals surface area contributed by atoms with Gasteiger partial charge in [0.05, 0.1) is 0 Å². The Hall–Kier alpha value is -0.980. The van der Waals surface area contributed by atoms with Crippen LogP contribution >= 0.6 is 0 Å². The number of hydrogen-bond acceptors (Lipinski definition) is 1. The molecular formula is C8H11N. The quantitative estimate of drug-likeness (QED) is 0.555. The topological polar surface area (TPSA) is 12.0 Å². The number of rotatable bonds is 1. The van der Waals surface area contributed by atoms with Crippen molar-refractivity contribution in [2.24, 2.45) is 0 Å². The summed E-state index contributed by atoms with van der Waals surface area (Å²) in [4.78, 5) is 0. The average molecular weight is 121 g/mol. The molecule has 9 heavy (non-hydrogen) atoms. The van der Waals surface area contributed by atoms with Gasteiger partial charge in [0.25, 0.3) is 0 Å². The maximum Gasteiger partial charge on any atom is 0.0403 e. The third kappa shape index (κ3) is 0.900. The minimum Gasteiger partial charge on any atom is -0.381 e. The van der Waals surface area contributed by atoms with Gasteiger partial charge in [0.2, 0.25) is 0 Å². The van der Waals surface area contributed by atoms with E-state index in [9.17, 15) is 0 Å². The van der Waals surface area contributed by atoms with E-state index in [0.717, 1.165) is 12.2 Å². The van der Waals surface area contributed by atoms with Crippen molar-refractivity contribution in [3.63, 3.8) is 0 Å². The van der Waals surface area contributed by atoms with Crippen LogP contribution in [0.25, 0.3) is 0 Å². The molecule has 1 aliphatic rings. The molecule has 1 N–H and O–H groups in total. The van der Waals surface area contributed by atoms with Crippen LogP contribution in [-0.4, -0.2) is 6.54 Å². The largest absolute Gasteiger partial charge is 0.381 e. The molecule has 0 atom stereocenters. The Kier molecular flexibility index (Phi) is 1.43. The maximum atomic E-state index is 3.82. The van der Waals surface area contributed by atoms with E-state index in [4.69, 9.17) is 0 Å². The van der Waals surface area contributed by atoms with Crippen LogP contribution in [0.1, 0.15) is 6.92 Å². The zero-order valence-corrected chi connectivity index (χ0v) is 5.70. The van der Waals surface area contributed by atoms with Crippen LogP contribution in [0.15, 0.2) is 36.1 Å². The second-order valence-electron chi connectivity index (χ2n) is 2.19. The molecule has 0 aliphatic carbocycles. The van der Waals surface area contributed by atoms with E-state index in [0.29, 0.717) is 0 Å². The fourth-order valence-corrected chi connectivity index (χ4v) is 0.886. The third-order valence-corrected chi connectivity index (χ3v) is 1.67. The highest BCUT2D eigenvalue weighted by Gasteiger charge is 2.09. The molecule has 1 nitrogen and oxygen atoms in total. The van der Waals surface area contributed by atoms with E-state index in [1.807, 2.05) is 6.08 Å². The van der Waals surface area contributed by atoms with E-state index in [-0.39, 0.29) is 0 Å². The molecule has 1 rings (SSSR count). The summed E-state index contributed by atoms with van der Waals surface area (Å²) in [6.07, 6.45) is 1.88. The Morgan fingerprint density at radius 3 is 2.56 bits per heavy atom. The molecule has 0 unspecified atom stereocenters. The highest BCUT2D eigenvalue weighted by molar-refractivity contribution is 5.41. The SMILES string of the molecule is C=CC1=C(C)C(=C)NC1. The minimum absolute atomic E-state index is 0.897. The van der Waals surface area contributed by atoms with Crippen LogP contribution in [-0.2, 0) is 0 Å². The molecular weight excluding hydrogens is 110 g/mol. The standard InChI is InChI=1S/C8H11N/c1-4-8-5-9-7(3)6(8)2/h4,9H,1,3,5H2,2H3. The Morgan fingerprint density at radius 2 is 2.33 bits per heavy atom. The fourth-order valence-electron chi connectivity index (χ4n) is 0.886. The van der Waals surface area contributed by atoms with Crippen molar-refractivity contribution >= 4 is 0 Å². The van der Waals surface area contributed by atoms with Gasteiger partial charge in [0.15, 0.2) is 0 Å². The van der Waals surface area contributed by atoms with Crippen molar-refractivity contribution in [2.45, 2.75) is 6.92 Å². The summed E-state index contributed by atoms with van der Waals surface area (Å²) in [5.41, 5.74) is 3.54. The van der Waals surface area contributed by atoms with E-state index >= 15 is 0 Å². The van der Waals surface area contributed by atoms with Gasteiger partial charge in [-0.1, -0.05) is 19.2 Å². The summed E-state index contributed by atoms with van der Waals surface area (Å²) < 4.78 is 0. The lowest BCUT2D eigenvalue weighted by molar-refractivity contribution is 0.964. The van der Waals surface area contributed by atoms with Crippen LogP contribution < -0.4 is 5.32 Å². The molecule has 1 heterocycles. The number of hydrogen-bond donors (Lipinski definition) is 1. The smallest absolute Gasteiger partial charge is 0.0403 e. The zero-order valence-electron chi connectivity index (χ0n) is 5.70. The summed E-state index contributed by atoms with van der Waals surface area (Å²) >= 11 is 0. The van der Waals surface area contributed by atoms with Gasteiger partial charge in [-0.25, -0.2) is 0 Å². The van der Waals surface area contributed by atoms with E-state index < -0.39 is 0 Å². The van der Waals surface area contributed by atoms with Gasteiger partial charge < -0.3 is 5.32 Å². The Morgan fingerprint density at radius 1 is 1.67 bits per heavy atom. The molecule has 0 saturated carbocycles. The van der Waals surface area contributed by atoms with Crippen molar-refractivity contribution in [1.29, 1.82) is 0 Å². The molecule has 0 aromatic heterocycles. The average Bonchev–Trinajstić information content (AvgIpc) is 2.15. The molecule has 0 aromatic carbocycles. The second-order valence-corrected chi connectivity index (χ2v) is 2.19. The molecule has 0 amide bonds. The van der Waals surface area contributed by atoms with Crippen molar-refractivity contribution in [1.82, 2.24) is 5.32 Å². The normalized spacial score (nSPS) is 18.1. The molecule has 0 saturated heterocycles. The molecule has 1 heteroatoms. The summed E-state index contributed by atoms with van der Waals surface area (Å²) in [5, 5.41) is 3.13. The van der Waals surface area contributed by atoms with Gasteiger partial charge >= 0.3 is 0 Å². The van der Waals surface area contributed by atoms with Crippen LogP contribution in [0.5, 0.6) is 0 Å². The molecule has 1 aliphatic heterocycles. The lowest BCUT2D eigenvalue weighted by Gasteiger charge is -1.93. The predicted molar refractivity (Wildman–Crippen MR) is 40.0 cm³/mol.